The van der Waals surface area contributed by atoms with E-state index in [1.165, 1.54) is 89.9 Å². The van der Waals surface area contributed by atoms with Crippen LogP contribution in [0.3, 0.4) is 0 Å². The van der Waals surface area contributed by atoms with E-state index in [-0.39, 0.29) is 5.25 Å². The maximum atomic E-state index is 10.7. The van der Waals surface area contributed by atoms with Gasteiger partial charge in [0.1, 0.15) is 0 Å². The molecule has 0 aromatic heterocycles. The molecule has 0 saturated heterocycles. The molecule has 0 fully saturated rings. The van der Waals surface area contributed by atoms with Gasteiger partial charge in [0, 0.05) is 0 Å². The van der Waals surface area contributed by atoms with Gasteiger partial charge in [-0.05, 0) is 19.1 Å². The highest BCUT2D eigenvalue weighted by molar-refractivity contribution is 8.00. The topological polar surface area (TPSA) is 37.3 Å². The standard InChI is InChI=1S/C19H38O2S/c1-3-4-5-6-7-8-9-10-11-12-13-14-15-16-17-22-18(2)19(20)21/h18H,3-17H2,1-2H3,(H,20,21). The monoisotopic (exact) mass is 330 g/mol. The van der Waals surface area contributed by atoms with Gasteiger partial charge in [0.2, 0.25) is 0 Å². The van der Waals surface area contributed by atoms with Crippen molar-refractivity contribution in [1.29, 1.82) is 0 Å². The summed E-state index contributed by atoms with van der Waals surface area (Å²) < 4.78 is 0. The van der Waals surface area contributed by atoms with E-state index in [1.807, 2.05) is 0 Å². The smallest absolute Gasteiger partial charge is 0.316 e. The Bertz CT molecular complexity index is 244. The molecule has 0 saturated carbocycles. The van der Waals surface area contributed by atoms with E-state index in [0.717, 1.165) is 5.75 Å². The number of carboxylic acid groups (broad SMARTS) is 1. The van der Waals surface area contributed by atoms with Crippen molar-refractivity contribution in [3.8, 4) is 0 Å². The van der Waals surface area contributed by atoms with Crippen LogP contribution in [0.1, 0.15) is 104 Å². The Morgan fingerprint density at radius 2 is 1.14 bits per heavy atom. The average molecular weight is 331 g/mol. The first kappa shape index (κ1) is 21.8. The number of aliphatic carboxylic acids is 1. The zero-order chi connectivity index (χ0) is 16.5. The molecule has 0 aliphatic carbocycles. The summed E-state index contributed by atoms with van der Waals surface area (Å²) in [5.41, 5.74) is 0. The van der Waals surface area contributed by atoms with Crippen LogP contribution >= 0.6 is 11.8 Å². The van der Waals surface area contributed by atoms with Crippen molar-refractivity contribution in [2.75, 3.05) is 5.75 Å². The van der Waals surface area contributed by atoms with E-state index in [9.17, 15) is 4.79 Å². The lowest BCUT2D eigenvalue weighted by Gasteiger charge is -2.05. The van der Waals surface area contributed by atoms with Gasteiger partial charge in [0.05, 0.1) is 5.25 Å². The fraction of sp³-hybridized carbons (Fsp3) is 0.947. The minimum Gasteiger partial charge on any atom is -0.480 e. The first-order chi connectivity index (χ1) is 10.7. The Kier molecular flexibility index (Phi) is 17.0. The fourth-order valence-corrected chi connectivity index (χ4v) is 3.49. The minimum absolute atomic E-state index is 0.248. The Labute approximate surface area is 142 Å². The molecule has 0 radical (unpaired) electrons. The van der Waals surface area contributed by atoms with Gasteiger partial charge in [0.25, 0.3) is 0 Å². The number of carbonyl (C=O) groups is 1. The molecule has 0 aromatic rings. The third-order valence-corrected chi connectivity index (χ3v) is 5.44. The molecule has 132 valence electrons. The molecule has 1 N–H and O–H groups in total. The molecule has 0 rings (SSSR count). The number of hydrogen-bond acceptors (Lipinski definition) is 2. The number of rotatable bonds is 17. The predicted molar refractivity (Wildman–Crippen MR) is 99.9 cm³/mol. The van der Waals surface area contributed by atoms with Crippen molar-refractivity contribution in [2.45, 2.75) is 109 Å². The van der Waals surface area contributed by atoms with Gasteiger partial charge in [-0.15, -0.1) is 11.8 Å². The van der Waals surface area contributed by atoms with Gasteiger partial charge in [-0.2, -0.15) is 0 Å². The van der Waals surface area contributed by atoms with E-state index in [2.05, 4.69) is 6.92 Å². The zero-order valence-electron chi connectivity index (χ0n) is 14.9. The van der Waals surface area contributed by atoms with Crippen LogP contribution in [-0.2, 0) is 4.79 Å². The molecule has 0 bridgehead atoms. The van der Waals surface area contributed by atoms with Gasteiger partial charge in [-0.25, -0.2) is 0 Å². The van der Waals surface area contributed by atoms with Crippen LogP contribution in [0.2, 0.25) is 0 Å². The van der Waals surface area contributed by atoms with Gasteiger partial charge in [-0.1, -0.05) is 90.4 Å². The van der Waals surface area contributed by atoms with E-state index in [4.69, 9.17) is 5.11 Å². The zero-order valence-corrected chi connectivity index (χ0v) is 15.8. The van der Waals surface area contributed by atoms with Gasteiger partial charge < -0.3 is 5.11 Å². The van der Waals surface area contributed by atoms with Crippen LogP contribution in [0, 0.1) is 0 Å². The SMILES string of the molecule is CCCCCCCCCCCCCCCCSC(C)C(=O)O. The molecule has 0 heterocycles. The van der Waals surface area contributed by atoms with Crippen LogP contribution < -0.4 is 0 Å². The molecule has 1 atom stereocenters. The maximum Gasteiger partial charge on any atom is 0.316 e. The molecule has 0 aromatic carbocycles. The molecular weight excluding hydrogens is 292 g/mol. The summed E-state index contributed by atoms with van der Waals surface area (Å²) in [4.78, 5) is 10.7. The highest BCUT2D eigenvalue weighted by Crippen LogP contribution is 2.16. The van der Waals surface area contributed by atoms with Crippen LogP contribution in [0.4, 0.5) is 0 Å². The molecule has 0 aliphatic heterocycles. The third-order valence-electron chi connectivity index (χ3n) is 4.21. The normalized spacial score (nSPS) is 12.5. The molecule has 3 heteroatoms. The first-order valence-electron chi connectivity index (χ1n) is 9.53. The largest absolute Gasteiger partial charge is 0.480 e. The molecular formula is C19H38O2S. The van der Waals surface area contributed by atoms with Crippen molar-refractivity contribution in [3.05, 3.63) is 0 Å². The number of thioether (sulfide) groups is 1. The summed E-state index contributed by atoms with van der Waals surface area (Å²) in [5.74, 6) is 0.307. The lowest BCUT2D eigenvalue weighted by molar-refractivity contribution is -0.136. The van der Waals surface area contributed by atoms with E-state index in [0.29, 0.717) is 0 Å². The summed E-state index contributed by atoms with van der Waals surface area (Å²) in [6.07, 6.45) is 19.2. The first-order valence-corrected chi connectivity index (χ1v) is 10.6. The minimum atomic E-state index is -0.685. The second-order valence-corrected chi connectivity index (χ2v) is 7.90. The summed E-state index contributed by atoms with van der Waals surface area (Å²) in [6, 6.07) is 0. The van der Waals surface area contributed by atoms with Crippen LogP contribution in [0.5, 0.6) is 0 Å². The lowest BCUT2D eigenvalue weighted by atomic mass is 10.0. The average Bonchev–Trinajstić information content (AvgIpc) is 2.50. The highest BCUT2D eigenvalue weighted by Gasteiger charge is 2.09. The molecule has 0 amide bonds. The van der Waals surface area contributed by atoms with Crippen molar-refractivity contribution >= 4 is 17.7 Å². The summed E-state index contributed by atoms with van der Waals surface area (Å²) in [5, 5.41) is 8.53. The third kappa shape index (κ3) is 16.2. The van der Waals surface area contributed by atoms with Gasteiger partial charge in [-0.3, -0.25) is 4.79 Å². The number of unbranched alkanes of at least 4 members (excludes halogenated alkanes) is 13. The second-order valence-electron chi connectivity index (χ2n) is 6.45. The second kappa shape index (κ2) is 17.2. The fourth-order valence-electron chi connectivity index (χ4n) is 2.63. The lowest BCUT2D eigenvalue weighted by Crippen LogP contribution is -2.11. The van der Waals surface area contributed by atoms with E-state index < -0.39 is 5.97 Å². The molecule has 0 aliphatic rings. The molecule has 1 unspecified atom stereocenters. The Hall–Kier alpha value is -0.180. The Morgan fingerprint density at radius 1 is 0.773 bits per heavy atom. The Balaban J connectivity index is 3.04. The van der Waals surface area contributed by atoms with Gasteiger partial charge in [0.15, 0.2) is 0 Å². The summed E-state index contributed by atoms with van der Waals surface area (Å²) in [7, 11) is 0. The van der Waals surface area contributed by atoms with E-state index >= 15 is 0 Å². The highest BCUT2D eigenvalue weighted by atomic mass is 32.2. The van der Waals surface area contributed by atoms with E-state index in [1.54, 1.807) is 18.7 Å². The molecule has 0 spiro atoms. The quantitative estimate of drug-likeness (QED) is 0.302. The molecule has 2 nitrogen and oxygen atoms in total. The summed E-state index contributed by atoms with van der Waals surface area (Å²) in [6.45, 7) is 4.05. The van der Waals surface area contributed by atoms with Crippen molar-refractivity contribution in [2.24, 2.45) is 0 Å². The Morgan fingerprint density at radius 3 is 1.50 bits per heavy atom. The van der Waals surface area contributed by atoms with Crippen LogP contribution in [0.25, 0.3) is 0 Å². The van der Waals surface area contributed by atoms with Crippen molar-refractivity contribution in [1.82, 2.24) is 0 Å². The van der Waals surface area contributed by atoms with Gasteiger partial charge >= 0.3 is 5.97 Å². The van der Waals surface area contributed by atoms with Crippen molar-refractivity contribution in [3.63, 3.8) is 0 Å². The van der Waals surface area contributed by atoms with Crippen molar-refractivity contribution < 1.29 is 9.90 Å². The molecule has 22 heavy (non-hydrogen) atoms. The number of carboxylic acids is 1. The summed E-state index contributed by atoms with van der Waals surface area (Å²) >= 11 is 1.57. The predicted octanol–water partition coefficient (Wildman–Crippen LogP) is 6.67. The number of hydrogen-bond donors (Lipinski definition) is 1. The van der Waals surface area contributed by atoms with Crippen LogP contribution in [0.15, 0.2) is 0 Å². The van der Waals surface area contributed by atoms with Crippen LogP contribution in [-0.4, -0.2) is 22.1 Å². The maximum absolute atomic E-state index is 10.7.